The van der Waals surface area contributed by atoms with Gasteiger partial charge in [-0.15, -0.1) is 0 Å². The standard InChI is InChI=1S/C16H22N2O/c1-16(19-13-12-18(2)3)9-7-14(8-10-16)15-6-4-5-11-17-15/h4-9,11H,10,12-13H2,1-3H3. The fourth-order valence-corrected chi connectivity index (χ4v) is 2.01. The van der Waals surface area contributed by atoms with Crippen LogP contribution in [-0.4, -0.2) is 42.7 Å². The molecular weight excluding hydrogens is 236 g/mol. The van der Waals surface area contributed by atoms with Gasteiger partial charge in [0.1, 0.15) is 0 Å². The SMILES string of the molecule is CN(C)CCOC1(C)C=CC(c2ccccn2)=CC1. The van der Waals surface area contributed by atoms with Gasteiger partial charge in [-0.3, -0.25) is 4.98 Å². The predicted molar refractivity (Wildman–Crippen MR) is 78.9 cm³/mol. The lowest BCUT2D eigenvalue weighted by Crippen LogP contribution is -2.30. The first-order valence-electron chi connectivity index (χ1n) is 6.69. The Morgan fingerprint density at radius 1 is 1.37 bits per heavy atom. The summed E-state index contributed by atoms with van der Waals surface area (Å²) < 4.78 is 5.97. The summed E-state index contributed by atoms with van der Waals surface area (Å²) in [4.78, 5) is 6.50. The molecule has 1 atom stereocenters. The molecule has 1 aliphatic carbocycles. The highest BCUT2D eigenvalue weighted by Crippen LogP contribution is 2.28. The van der Waals surface area contributed by atoms with Gasteiger partial charge in [-0.05, 0) is 45.1 Å². The van der Waals surface area contributed by atoms with Crippen LogP contribution in [0.15, 0.2) is 42.6 Å². The molecule has 0 fully saturated rings. The molecule has 0 radical (unpaired) electrons. The molecule has 0 saturated heterocycles. The summed E-state index contributed by atoms with van der Waals surface area (Å²) in [5.74, 6) is 0. The topological polar surface area (TPSA) is 25.4 Å². The molecular formula is C16H22N2O. The Hall–Kier alpha value is -1.45. The number of aromatic nitrogens is 1. The van der Waals surface area contributed by atoms with Gasteiger partial charge in [0.2, 0.25) is 0 Å². The van der Waals surface area contributed by atoms with E-state index in [0.717, 1.165) is 25.3 Å². The second kappa shape index (κ2) is 6.13. The zero-order chi connectivity index (χ0) is 13.7. The van der Waals surface area contributed by atoms with Crippen LogP contribution in [0.25, 0.3) is 5.57 Å². The minimum atomic E-state index is -0.186. The maximum Gasteiger partial charge on any atom is 0.0872 e. The van der Waals surface area contributed by atoms with Crippen molar-refractivity contribution in [1.82, 2.24) is 9.88 Å². The number of hydrogen-bond donors (Lipinski definition) is 0. The number of rotatable bonds is 5. The molecule has 1 aliphatic rings. The Kier molecular flexibility index (Phi) is 4.51. The number of pyridine rings is 1. The fourth-order valence-electron chi connectivity index (χ4n) is 2.01. The third-order valence-corrected chi connectivity index (χ3v) is 3.27. The molecule has 0 aromatic carbocycles. The first kappa shape index (κ1) is 14.0. The minimum Gasteiger partial charge on any atom is -0.370 e. The van der Waals surface area contributed by atoms with Gasteiger partial charge in [-0.25, -0.2) is 0 Å². The Morgan fingerprint density at radius 3 is 2.79 bits per heavy atom. The first-order chi connectivity index (χ1) is 9.09. The van der Waals surface area contributed by atoms with Crippen molar-refractivity contribution < 1.29 is 4.74 Å². The molecule has 0 saturated carbocycles. The van der Waals surface area contributed by atoms with Crippen molar-refractivity contribution in [3.63, 3.8) is 0 Å². The van der Waals surface area contributed by atoms with Crippen molar-refractivity contribution in [1.29, 1.82) is 0 Å². The van der Waals surface area contributed by atoms with Gasteiger partial charge in [-0.1, -0.05) is 24.3 Å². The molecule has 2 rings (SSSR count). The molecule has 3 heteroatoms. The van der Waals surface area contributed by atoms with Crippen molar-refractivity contribution in [3.05, 3.63) is 48.3 Å². The van der Waals surface area contributed by atoms with E-state index in [2.05, 4.69) is 49.1 Å². The highest BCUT2D eigenvalue weighted by atomic mass is 16.5. The zero-order valence-electron chi connectivity index (χ0n) is 12.0. The Morgan fingerprint density at radius 2 is 2.21 bits per heavy atom. The van der Waals surface area contributed by atoms with Crippen molar-refractivity contribution >= 4 is 5.57 Å². The van der Waals surface area contributed by atoms with Crippen LogP contribution in [0, 0.1) is 0 Å². The van der Waals surface area contributed by atoms with Gasteiger partial charge in [0.15, 0.2) is 0 Å². The molecule has 1 aromatic rings. The quantitative estimate of drug-likeness (QED) is 0.812. The molecule has 0 spiro atoms. The van der Waals surface area contributed by atoms with Gasteiger partial charge in [-0.2, -0.15) is 0 Å². The normalized spacial score (nSPS) is 22.6. The molecule has 0 amide bonds. The van der Waals surface area contributed by atoms with Gasteiger partial charge in [0, 0.05) is 12.7 Å². The summed E-state index contributed by atoms with van der Waals surface area (Å²) >= 11 is 0. The summed E-state index contributed by atoms with van der Waals surface area (Å²) in [7, 11) is 4.11. The smallest absolute Gasteiger partial charge is 0.0872 e. The van der Waals surface area contributed by atoms with E-state index in [1.54, 1.807) is 0 Å². The van der Waals surface area contributed by atoms with Crippen molar-refractivity contribution in [2.45, 2.75) is 18.9 Å². The van der Waals surface area contributed by atoms with Crippen LogP contribution in [-0.2, 0) is 4.74 Å². The Bertz CT molecular complexity index is 465. The van der Waals surface area contributed by atoms with Gasteiger partial charge in [0.05, 0.1) is 17.9 Å². The average Bonchev–Trinajstić information content (AvgIpc) is 2.40. The minimum absolute atomic E-state index is 0.186. The van der Waals surface area contributed by atoms with E-state index >= 15 is 0 Å². The van der Waals surface area contributed by atoms with Crippen molar-refractivity contribution in [3.8, 4) is 0 Å². The molecule has 1 unspecified atom stereocenters. The molecule has 102 valence electrons. The number of allylic oxidation sites excluding steroid dienone is 2. The van der Waals surface area contributed by atoms with Crippen molar-refractivity contribution in [2.24, 2.45) is 0 Å². The average molecular weight is 258 g/mol. The highest BCUT2D eigenvalue weighted by molar-refractivity contribution is 5.73. The van der Waals surface area contributed by atoms with Crippen LogP contribution >= 0.6 is 0 Å². The Balaban J connectivity index is 1.94. The first-order valence-corrected chi connectivity index (χ1v) is 6.69. The van der Waals surface area contributed by atoms with Crippen LogP contribution in [0.1, 0.15) is 19.0 Å². The molecule has 0 bridgehead atoms. The summed E-state index contributed by atoms with van der Waals surface area (Å²) in [5.41, 5.74) is 2.01. The number of nitrogens with zero attached hydrogens (tertiary/aromatic N) is 2. The lowest BCUT2D eigenvalue weighted by atomic mass is 9.92. The van der Waals surface area contributed by atoms with Crippen LogP contribution in [0.3, 0.4) is 0 Å². The van der Waals surface area contributed by atoms with E-state index in [0.29, 0.717) is 0 Å². The summed E-state index contributed by atoms with van der Waals surface area (Å²) in [6.45, 7) is 3.83. The maximum absolute atomic E-state index is 5.97. The van der Waals surface area contributed by atoms with Crippen molar-refractivity contribution in [2.75, 3.05) is 27.2 Å². The van der Waals surface area contributed by atoms with Gasteiger partial charge >= 0.3 is 0 Å². The maximum atomic E-state index is 5.97. The fraction of sp³-hybridized carbons (Fsp3) is 0.438. The number of hydrogen-bond acceptors (Lipinski definition) is 3. The zero-order valence-corrected chi connectivity index (χ0v) is 12.0. The predicted octanol–water partition coefficient (Wildman–Crippen LogP) is 2.76. The highest BCUT2D eigenvalue weighted by Gasteiger charge is 2.23. The lowest BCUT2D eigenvalue weighted by Gasteiger charge is -2.29. The number of ether oxygens (including phenoxy) is 1. The third-order valence-electron chi connectivity index (χ3n) is 3.27. The van der Waals surface area contributed by atoms with Gasteiger partial charge in [0.25, 0.3) is 0 Å². The van der Waals surface area contributed by atoms with E-state index in [-0.39, 0.29) is 5.60 Å². The van der Waals surface area contributed by atoms with Crippen LogP contribution in [0.5, 0.6) is 0 Å². The molecule has 0 N–H and O–H groups in total. The summed E-state index contributed by atoms with van der Waals surface area (Å²) in [6.07, 6.45) is 9.18. The summed E-state index contributed by atoms with van der Waals surface area (Å²) in [5, 5.41) is 0. The second-order valence-corrected chi connectivity index (χ2v) is 5.38. The molecule has 1 heterocycles. The van der Waals surface area contributed by atoms with E-state index in [1.165, 1.54) is 5.57 Å². The second-order valence-electron chi connectivity index (χ2n) is 5.38. The monoisotopic (exact) mass is 258 g/mol. The van der Waals surface area contributed by atoms with Crippen LogP contribution in [0.2, 0.25) is 0 Å². The largest absolute Gasteiger partial charge is 0.370 e. The molecule has 1 aromatic heterocycles. The third kappa shape index (κ3) is 4.01. The molecule has 0 aliphatic heterocycles. The lowest BCUT2D eigenvalue weighted by molar-refractivity contribution is 0.000801. The molecule has 19 heavy (non-hydrogen) atoms. The van der Waals surface area contributed by atoms with Crippen LogP contribution < -0.4 is 0 Å². The Labute approximate surface area is 115 Å². The van der Waals surface area contributed by atoms with Gasteiger partial charge < -0.3 is 9.64 Å². The van der Waals surface area contributed by atoms with E-state index in [4.69, 9.17) is 4.74 Å². The van der Waals surface area contributed by atoms with E-state index < -0.39 is 0 Å². The number of likely N-dealkylation sites (N-methyl/N-ethyl adjacent to an activating group) is 1. The van der Waals surface area contributed by atoms with Crippen LogP contribution in [0.4, 0.5) is 0 Å². The van der Waals surface area contributed by atoms with E-state index in [9.17, 15) is 0 Å². The van der Waals surface area contributed by atoms with E-state index in [1.807, 2.05) is 24.4 Å². The summed E-state index contributed by atoms with van der Waals surface area (Å²) in [6, 6.07) is 5.98. The molecule has 3 nitrogen and oxygen atoms in total.